The second kappa shape index (κ2) is 5.65. The number of nitriles is 1. The van der Waals surface area contributed by atoms with Crippen LogP contribution in [0.1, 0.15) is 24.5 Å². The predicted octanol–water partition coefficient (Wildman–Crippen LogP) is 2.37. The fourth-order valence-electron chi connectivity index (χ4n) is 4.08. The third-order valence-electron chi connectivity index (χ3n) is 5.70. The number of pyridine rings is 1. The Labute approximate surface area is 153 Å². The molecule has 3 fully saturated rings. The summed E-state index contributed by atoms with van der Waals surface area (Å²) < 4.78 is 40.6. The second-order valence-corrected chi connectivity index (χ2v) is 7.66. The average molecular weight is 381 g/mol. The highest BCUT2D eigenvalue weighted by molar-refractivity contribution is 5.68. The van der Waals surface area contributed by atoms with E-state index in [9.17, 15) is 23.2 Å². The monoisotopic (exact) mass is 381 g/mol. The molecule has 0 bridgehead atoms. The van der Waals surface area contributed by atoms with E-state index in [4.69, 9.17) is 5.11 Å². The van der Waals surface area contributed by atoms with Gasteiger partial charge in [-0.25, -0.2) is 9.78 Å². The molecule has 4 heterocycles. The van der Waals surface area contributed by atoms with Gasteiger partial charge in [0.1, 0.15) is 23.3 Å². The molecule has 3 aliphatic heterocycles. The lowest BCUT2D eigenvalue weighted by molar-refractivity contribution is -0.137. The zero-order chi connectivity index (χ0) is 19.6. The lowest BCUT2D eigenvalue weighted by atomic mass is 9.73. The average Bonchev–Trinajstić information content (AvgIpc) is 2.49. The number of rotatable bonds is 2. The van der Waals surface area contributed by atoms with Crippen molar-refractivity contribution in [2.75, 3.05) is 42.5 Å². The maximum absolute atomic E-state index is 13.5. The lowest BCUT2D eigenvalue weighted by Crippen LogP contribution is -2.73. The number of carboxylic acid groups (broad SMARTS) is 1. The molecule has 1 atom stereocenters. The minimum Gasteiger partial charge on any atom is -0.465 e. The molecule has 0 aromatic carbocycles. The van der Waals surface area contributed by atoms with Gasteiger partial charge in [-0.1, -0.05) is 0 Å². The SMILES string of the molecule is C[C@H]1CCN1c1nc(N2CC3(CN(C(=O)O)C3)C2)cc(C(F)(F)F)c1C#N. The topological polar surface area (TPSA) is 83.7 Å². The van der Waals surface area contributed by atoms with Crippen molar-refractivity contribution >= 4 is 17.7 Å². The molecule has 0 radical (unpaired) electrons. The van der Waals surface area contributed by atoms with E-state index >= 15 is 0 Å². The van der Waals surface area contributed by atoms with Crippen molar-refractivity contribution in [2.24, 2.45) is 5.41 Å². The van der Waals surface area contributed by atoms with E-state index in [0.717, 1.165) is 12.5 Å². The predicted molar refractivity (Wildman–Crippen MR) is 89.6 cm³/mol. The molecule has 27 heavy (non-hydrogen) atoms. The molecule has 0 aliphatic carbocycles. The molecule has 1 spiro atoms. The molecule has 0 unspecified atom stereocenters. The van der Waals surface area contributed by atoms with Gasteiger partial charge in [0.15, 0.2) is 0 Å². The lowest BCUT2D eigenvalue weighted by Gasteiger charge is -2.59. The molecule has 1 amide bonds. The van der Waals surface area contributed by atoms with Crippen molar-refractivity contribution in [2.45, 2.75) is 25.6 Å². The highest BCUT2D eigenvalue weighted by atomic mass is 19.4. The van der Waals surface area contributed by atoms with Crippen LogP contribution in [0.4, 0.5) is 29.6 Å². The number of hydrogen-bond donors (Lipinski definition) is 1. The Morgan fingerprint density at radius 1 is 1.37 bits per heavy atom. The molecule has 1 aromatic heterocycles. The zero-order valence-electron chi connectivity index (χ0n) is 14.6. The number of hydrogen-bond acceptors (Lipinski definition) is 5. The van der Waals surface area contributed by atoms with Gasteiger partial charge in [-0.2, -0.15) is 18.4 Å². The van der Waals surface area contributed by atoms with Crippen LogP contribution in [-0.2, 0) is 6.18 Å². The Bertz CT molecular complexity index is 836. The van der Waals surface area contributed by atoms with Crippen LogP contribution < -0.4 is 9.80 Å². The first-order valence-corrected chi connectivity index (χ1v) is 8.65. The van der Waals surface area contributed by atoms with E-state index < -0.39 is 23.4 Å². The molecule has 4 rings (SSSR count). The fourth-order valence-corrected chi connectivity index (χ4v) is 4.08. The summed E-state index contributed by atoms with van der Waals surface area (Å²) in [6, 6.07) is 2.66. The summed E-state index contributed by atoms with van der Waals surface area (Å²) in [4.78, 5) is 20.0. The van der Waals surface area contributed by atoms with E-state index in [-0.39, 0.29) is 23.1 Å². The summed E-state index contributed by atoms with van der Waals surface area (Å²) >= 11 is 0. The van der Waals surface area contributed by atoms with Crippen molar-refractivity contribution in [3.63, 3.8) is 0 Å². The molecule has 1 aromatic rings. The molecular formula is C17H18F3N5O2. The number of amides is 1. The standard InChI is InChI=1S/C17H18F3N5O2/c1-10-2-3-25(10)14-11(5-21)12(17(18,19)20)4-13(22-14)23-6-16(7-23)8-24(9-16)15(26)27/h4,10H,2-3,6-9H2,1H3,(H,26,27)/t10-/m0/s1. The van der Waals surface area contributed by atoms with Crippen LogP contribution in [-0.4, -0.2) is 59.8 Å². The molecule has 144 valence electrons. The van der Waals surface area contributed by atoms with Gasteiger partial charge in [0.25, 0.3) is 0 Å². The van der Waals surface area contributed by atoms with Gasteiger partial charge in [0.2, 0.25) is 0 Å². The van der Waals surface area contributed by atoms with E-state index in [2.05, 4.69) is 4.98 Å². The first-order valence-electron chi connectivity index (χ1n) is 8.65. The van der Waals surface area contributed by atoms with Gasteiger partial charge in [0.05, 0.1) is 5.56 Å². The smallest absolute Gasteiger partial charge is 0.417 e. The third-order valence-corrected chi connectivity index (χ3v) is 5.70. The van der Waals surface area contributed by atoms with Gasteiger partial charge in [-0.15, -0.1) is 0 Å². The molecular weight excluding hydrogens is 363 g/mol. The summed E-state index contributed by atoms with van der Waals surface area (Å²) in [6.07, 6.45) is -4.79. The van der Waals surface area contributed by atoms with Gasteiger partial charge in [-0.05, 0) is 19.4 Å². The minimum absolute atomic E-state index is 0.0411. The third kappa shape index (κ3) is 2.72. The zero-order valence-corrected chi connectivity index (χ0v) is 14.6. The van der Waals surface area contributed by atoms with Crippen LogP contribution in [0.3, 0.4) is 0 Å². The summed E-state index contributed by atoms with van der Waals surface area (Å²) in [7, 11) is 0. The van der Waals surface area contributed by atoms with Gasteiger partial charge in [0, 0.05) is 44.2 Å². The van der Waals surface area contributed by atoms with Crippen molar-refractivity contribution in [1.29, 1.82) is 5.26 Å². The number of carbonyl (C=O) groups is 1. The van der Waals surface area contributed by atoms with Gasteiger partial charge < -0.3 is 19.8 Å². The quantitative estimate of drug-likeness (QED) is 0.847. The van der Waals surface area contributed by atoms with E-state index in [1.54, 1.807) is 15.9 Å². The van der Waals surface area contributed by atoms with Crippen LogP contribution in [0.2, 0.25) is 0 Å². The number of alkyl halides is 3. The normalized spacial score (nSPS) is 23.4. The van der Waals surface area contributed by atoms with Gasteiger partial charge in [-0.3, -0.25) is 0 Å². The summed E-state index contributed by atoms with van der Waals surface area (Å²) in [5.41, 5.74) is -1.60. The molecule has 1 N–H and O–H groups in total. The maximum atomic E-state index is 13.5. The minimum atomic E-state index is -4.65. The Morgan fingerprint density at radius 2 is 2.04 bits per heavy atom. The largest absolute Gasteiger partial charge is 0.465 e. The van der Waals surface area contributed by atoms with Crippen LogP contribution >= 0.6 is 0 Å². The number of nitrogens with zero attached hydrogens (tertiary/aromatic N) is 5. The maximum Gasteiger partial charge on any atom is 0.417 e. The summed E-state index contributed by atoms with van der Waals surface area (Å²) in [5.74, 6) is 0.276. The molecule has 3 saturated heterocycles. The Kier molecular flexibility index (Phi) is 3.70. The van der Waals surface area contributed by atoms with Crippen molar-refractivity contribution in [3.05, 3.63) is 17.2 Å². The highest BCUT2D eigenvalue weighted by Gasteiger charge is 2.54. The van der Waals surface area contributed by atoms with Crippen molar-refractivity contribution in [3.8, 4) is 6.07 Å². The number of aromatic nitrogens is 1. The van der Waals surface area contributed by atoms with Crippen LogP contribution in [0.5, 0.6) is 0 Å². The number of halogens is 3. The van der Waals surface area contributed by atoms with Crippen LogP contribution in [0, 0.1) is 16.7 Å². The molecule has 0 saturated carbocycles. The fraction of sp³-hybridized carbons (Fsp3) is 0.588. The molecule has 7 nitrogen and oxygen atoms in total. The van der Waals surface area contributed by atoms with Crippen LogP contribution in [0.15, 0.2) is 6.07 Å². The summed E-state index contributed by atoms with van der Waals surface area (Å²) in [5, 5.41) is 18.3. The van der Waals surface area contributed by atoms with Crippen molar-refractivity contribution in [1.82, 2.24) is 9.88 Å². The first kappa shape index (κ1) is 17.7. The van der Waals surface area contributed by atoms with Gasteiger partial charge >= 0.3 is 12.3 Å². The Balaban J connectivity index is 1.63. The summed E-state index contributed by atoms with van der Waals surface area (Å²) in [6.45, 7) is 4.15. The number of likely N-dealkylation sites (tertiary alicyclic amines) is 1. The Hall–Kier alpha value is -2.70. The highest BCUT2D eigenvalue weighted by Crippen LogP contribution is 2.44. The first-order chi connectivity index (χ1) is 12.6. The number of anilines is 2. The molecule has 3 aliphatic rings. The van der Waals surface area contributed by atoms with E-state index in [0.29, 0.717) is 32.7 Å². The molecule has 10 heteroatoms. The van der Waals surface area contributed by atoms with Crippen molar-refractivity contribution < 1.29 is 23.1 Å². The van der Waals surface area contributed by atoms with E-state index in [1.165, 1.54) is 4.90 Å². The van der Waals surface area contributed by atoms with Crippen LogP contribution in [0.25, 0.3) is 0 Å². The van der Waals surface area contributed by atoms with E-state index in [1.807, 2.05) is 6.92 Å². The Morgan fingerprint density at radius 3 is 2.48 bits per heavy atom. The second-order valence-electron chi connectivity index (χ2n) is 7.66.